The summed E-state index contributed by atoms with van der Waals surface area (Å²) in [6.07, 6.45) is 12.6. The Balaban J connectivity index is 0.974. The van der Waals surface area contributed by atoms with E-state index in [-0.39, 0.29) is 13.2 Å². The van der Waals surface area contributed by atoms with E-state index in [2.05, 4.69) is 126 Å². The summed E-state index contributed by atoms with van der Waals surface area (Å²) in [5.74, 6) is 2.65. The third kappa shape index (κ3) is 13.0. The highest BCUT2D eigenvalue weighted by Gasteiger charge is 2.17. The predicted octanol–water partition coefficient (Wildman–Crippen LogP) is 12.6. The van der Waals surface area contributed by atoms with Crippen molar-refractivity contribution < 1.29 is 18.9 Å². The van der Waals surface area contributed by atoms with Crippen LogP contribution >= 0.6 is 31.9 Å². The molecular formula is C57H49Br2N7O4. The maximum absolute atomic E-state index is 9.43. The Labute approximate surface area is 425 Å². The first-order valence-corrected chi connectivity index (χ1v) is 24.3. The van der Waals surface area contributed by atoms with E-state index in [1.165, 1.54) is 6.20 Å². The SMILES string of the molecule is Cc1c(COc2cc(OCc3cncc(C#N)c3)c(CCCc3ccccn3)cc2Br)cccc1-c1cccc(COc2cc(OCc3cncc(C#N)c3)c(CNCc3ccccn3)cc2Br)c1C. The number of aryl methyl sites for hydroxylation is 2. The topological polar surface area (TPSA) is 148 Å². The van der Waals surface area contributed by atoms with Gasteiger partial charge in [0.15, 0.2) is 0 Å². The van der Waals surface area contributed by atoms with Crippen LogP contribution in [-0.2, 0) is 52.4 Å². The van der Waals surface area contributed by atoms with Crippen LogP contribution in [0.4, 0.5) is 0 Å². The number of nitrogens with zero attached hydrogens (tertiary/aromatic N) is 6. The van der Waals surface area contributed by atoms with Crippen LogP contribution in [0.15, 0.2) is 155 Å². The molecule has 350 valence electrons. The van der Waals surface area contributed by atoms with Gasteiger partial charge in [-0.25, -0.2) is 0 Å². The van der Waals surface area contributed by atoms with Crippen molar-refractivity contribution in [3.8, 4) is 46.3 Å². The molecule has 0 atom stereocenters. The summed E-state index contributed by atoms with van der Waals surface area (Å²) in [5.41, 5.74) is 13.0. The summed E-state index contributed by atoms with van der Waals surface area (Å²) in [7, 11) is 0. The third-order valence-corrected chi connectivity index (χ3v) is 13.0. The number of aromatic nitrogens is 4. The number of nitriles is 2. The molecule has 0 unspecified atom stereocenters. The summed E-state index contributed by atoms with van der Waals surface area (Å²) in [4.78, 5) is 17.3. The molecule has 11 nitrogen and oxygen atoms in total. The number of nitrogens with one attached hydrogen (secondary N) is 1. The van der Waals surface area contributed by atoms with Crippen molar-refractivity contribution in [2.24, 2.45) is 0 Å². The van der Waals surface area contributed by atoms with Crippen molar-refractivity contribution >= 4 is 31.9 Å². The van der Waals surface area contributed by atoms with Gasteiger partial charge in [0.1, 0.15) is 61.6 Å². The fourth-order valence-corrected chi connectivity index (χ4v) is 8.97. The molecule has 0 fully saturated rings. The molecule has 0 radical (unpaired) electrons. The lowest BCUT2D eigenvalue weighted by Gasteiger charge is -2.19. The van der Waals surface area contributed by atoms with Gasteiger partial charge in [-0.05, 0) is 152 Å². The van der Waals surface area contributed by atoms with Crippen LogP contribution in [-0.4, -0.2) is 19.9 Å². The Morgan fingerprint density at radius 1 is 0.500 bits per heavy atom. The zero-order valence-electron chi connectivity index (χ0n) is 38.8. The molecule has 4 heterocycles. The molecule has 0 aliphatic heterocycles. The van der Waals surface area contributed by atoms with Crippen molar-refractivity contribution in [2.75, 3.05) is 0 Å². The standard InChI is InChI=1S/C57H49Br2N7O4/c1-38-45(36-69-56-24-54(67-34-42-20-40(26-60)28-62-30-42)44(22-52(56)58)10-7-15-48-13-3-5-18-65-48)11-8-16-50(38)51-17-9-12-46(39(51)2)37-70-57-25-55(68-35-43-21-41(27-61)29-63-31-43)47(23-53(57)59)32-64-33-49-14-4-6-19-66-49/h3-6,8-9,11-14,16-25,28-31,64H,7,10,15,32-37H2,1-2H3. The number of benzene rings is 4. The minimum atomic E-state index is 0.229. The van der Waals surface area contributed by atoms with E-state index in [0.29, 0.717) is 60.4 Å². The second kappa shape index (κ2) is 24.2. The second-order valence-corrected chi connectivity index (χ2v) is 18.3. The fraction of sp³-hybridized carbons (Fsp3) is 0.193. The van der Waals surface area contributed by atoms with Crippen LogP contribution in [0.25, 0.3) is 11.1 Å². The van der Waals surface area contributed by atoms with Gasteiger partial charge in [0.2, 0.25) is 0 Å². The molecule has 0 aliphatic rings. The van der Waals surface area contributed by atoms with Crippen LogP contribution in [0.3, 0.4) is 0 Å². The molecule has 4 aromatic heterocycles. The van der Waals surface area contributed by atoms with Gasteiger partial charge in [0, 0.05) is 84.8 Å². The highest BCUT2D eigenvalue weighted by molar-refractivity contribution is 9.11. The van der Waals surface area contributed by atoms with Gasteiger partial charge in [-0.2, -0.15) is 10.5 Å². The molecule has 0 saturated heterocycles. The number of hydrogen-bond acceptors (Lipinski definition) is 11. The van der Waals surface area contributed by atoms with E-state index in [1.54, 1.807) is 36.9 Å². The summed E-state index contributed by atoms with van der Waals surface area (Å²) >= 11 is 7.57. The summed E-state index contributed by atoms with van der Waals surface area (Å²) in [6.45, 7) is 6.51. The first-order valence-electron chi connectivity index (χ1n) is 22.8. The Bertz CT molecular complexity index is 2950. The van der Waals surface area contributed by atoms with Crippen molar-refractivity contribution in [1.29, 1.82) is 10.5 Å². The first-order chi connectivity index (χ1) is 34.2. The summed E-state index contributed by atoms with van der Waals surface area (Å²) in [6, 6.07) is 40.3. The number of ether oxygens (including phenoxy) is 4. The van der Waals surface area contributed by atoms with Gasteiger partial charge in [-0.3, -0.25) is 19.9 Å². The largest absolute Gasteiger partial charge is 0.488 e. The van der Waals surface area contributed by atoms with Crippen molar-refractivity contribution in [3.05, 3.63) is 222 Å². The van der Waals surface area contributed by atoms with Crippen LogP contribution in [0.5, 0.6) is 23.0 Å². The van der Waals surface area contributed by atoms with Gasteiger partial charge in [-0.15, -0.1) is 0 Å². The van der Waals surface area contributed by atoms with Crippen LogP contribution in [0, 0.1) is 36.5 Å². The van der Waals surface area contributed by atoms with Gasteiger partial charge >= 0.3 is 0 Å². The molecule has 70 heavy (non-hydrogen) atoms. The van der Waals surface area contributed by atoms with E-state index in [1.807, 2.05) is 60.8 Å². The summed E-state index contributed by atoms with van der Waals surface area (Å²) < 4.78 is 27.6. The number of pyridine rings is 4. The molecule has 0 spiro atoms. The highest BCUT2D eigenvalue weighted by atomic mass is 79.9. The average molecular weight is 1060 g/mol. The second-order valence-electron chi connectivity index (χ2n) is 16.6. The predicted molar refractivity (Wildman–Crippen MR) is 276 cm³/mol. The molecule has 0 amide bonds. The number of hydrogen-bond donors (Lipinski definition) is 1. The fourth-order valence-electron chi connectivity index (χ4n) is 7.96. The third-order valence-electron chi connectivity index (χ3n) is 11.8. The maximum atomic E-state index is 9.43. The van der Waals surface area contributed by atoms with Crippen molar-refractivity contribution in [2.45, 2.75) is 72.6 Å². The minimum absolute atomic E-state index is 0.229. The van der Waals surface area contributed by atoms with E-state index < -0.39 is 0 Å². The van der Waals surface area contributed by atoms with Crippen molar-refractivity contribution in [3.63, 3.8) is 0 Å². The molecule has 1 N–H and O–H groups in total. The Morgan fingerprint density at radius 3 is 1.54 bits per heavy atom. The number of rotatable bonds is 21. The van der Waals surface area contributed by atoms with Gasteiger partial charge in [0.25, 0.3) is 0 Å². The smallest absolute Gasteiger partial charge is 0.137 e. The van der Waals surface area contributed by atoms with Crippen LogP contribution < -0.4 is 24.3 Å². The summed E-state index contributed by atoms with van der Waals surface area (Å²) in [5, 5.41) is 22.3. The van der Waals surface area contributed by atoms with Crippen molar-refractivity contribution in [1.82, 2.24) is 25.3 Å². The lowest BCUT2D eigenvalue weighted by atomic mass is 9.92. The minimum Gasteiger partial charge on any atom is -0.488 e. The monoisotopic (exact) mass is 1050 g/mol. The lowest BCUT2D eigenvalue weighted by Crippen LogP contribution is -2.14. The number of halogens is 2. The van der Waals surface area contributed by atoms with Gasteiger partial charge in [0.05, 0.1) is 25.8 Å². The van der Waals surface area contributed by atoms with Gasteiger partial charge < -0.3 is 24.3 Å². The quantitative estimate of drug-likeness (QED) is 0.0733. The molecule has 0 aliphatic carbocycles. The lowest BCUT2D eigenvalue weighted by molar-refractivity contribution is 0.285. The van der Waals surface area contributed by atoms with E-state index >= 15 is 0 Å². The highest BCUT2D eigenvalue weighted by Crippen LogP contribution is 2.38. The normalized spacial score (nSPS) is 10.8. The molecule has 8 rings (SSSR count). The molecule has 4 aromatic carbocycles. The zero-order valence-corrected chi connectivity index (χ0v) is 42.0. The first kappa shape index (κ1) is 49.0. The van der Waals surface area contributed by atoms with E-state index in [0.717, 1.165) is 95.2 Å². The molecular weight excluding hydrogens is 1010 g/mol. The zero-order chi connectivity index (χ0) is 48.7. The average Bonchev–Trinajstić information content (AvgIpc) is 3.39. The maximum Gasteiger partial charge on any atom is 0.137 e. The van der Waals surface area contributed by atoms with Crippen LogP contribution in [0.2, 0.25) is 0 Å². The molecule has 8 aromatic rings. The molecule has 0 saturated carbocycles. The van der Waals surface area contributed by atoms with Gasteiger partial charge in [-0.1, -0.05) is 48.5 Å². The Kier molecular flexibility index (Phi) is 17.0. The Hall–Kier alpha value is -7.42. The van der Waals surface area contributed by atoms with E-state index in [4.69, 9.17) is 18.9 Å². The molecule has 13 heteroatoms. The van der Waals surface area contributed by atoms with Crippen LogP contribution in [0.1, 0.15) is 73.4 Å². The van der Waals surface area contributed by atoms with E-state index in [9.17, 15) is 10.5 Å². The Morgan fingerprint density at radius 2 is 1.01 bits per heavy atom. The molecule has 0 bridgehead atoms.